The van der Waals surface area contributed by atoms with E-state index in [1.165, 1.54) is 48.1 Å². The van der Waals surface area contributed by atoms with Crippen molar-refractivity contribution in [3.8, 4) is 0 Å². The molecule has 0 unspecified atom stereocenters. The Morgan fingerprint density at radius 2 is 2.15 bits per heavy atom. The monoisotopic (exact) mass is 353 g/mol. The summed E-state index contributed by atoms with van der Waals surface area (Å²) in [6, 6.07) is 9.23. The summed E-state index contributed by atoms with van der Waals surface area (Å²) >= 11 is 0. The molecule has 4 nitrogen and oxygen atoms in total. The van der Waals surface area contributed by atoms with E-state index in [9.17, 15) is 5.11 Å². The van der Waals surface area contributed by atoms with Gasteiger partial charge in [0, 0.05) is 18.8 Å². The highest BCUT2D eigenvalue weighted by Crippen LogP contribution is 2.40. The molecule has 4 rings (SSSR count). The molecule has 0 bridgehead atoms. The van der Waals surface area contributed by atoms with E-state index in [1.807, 2.05) is 17.9 Å². The van der Waals surface area contributed by atoms with Crippen molar-refractivity contribution in [1.29, 1.82) is 0 Å². The summed E-state index contributed by atoms with van der Waals surface area (Å²) < 4.78 is 1.89. The first-order valence-corrected chi connectivity index (χ1v) is 10.0. The summed E-state index contributed by atoms with van der Waals surface area (Å²) in [7, 11) is 1.98. The summed E-state index contributed by atoms with van der Waals surface area (Å²) in [5, 5.41) is 14.0. The number of aliphatic hydroxyl groups is 1. The molecule has 0 radical (unpaired) electrons. The molecule has 4 heteroatoms. The van der Waals surface area contributed by atoms with Crippen molar-refractivity contribution < 1.29 is 5.11 Å². The molecule has 26 heavy (non-hydrogen) atoms. The summed E-state index contributed by atoms with van der Waals surface area (Å²) in [5.74, 6) is 1.28. The van der Waals surface area contributed by atoms with E-state index in [1.54, 1.807) is 0 Å². The molecule has 3 N–H and O–H groups in total. The van der Waals surface area contributed by atoms with Crippen molar-refractivity contribution in [2.45, 2.75) is 62.8 Å². The van der Waals surface area contributed by atoms with Crippen molar-refractivity contribution in [2.75, 3.05) is 6.61 Å². The molecule has 1 aromatic carbocycles. The van der Waals surface area contributed by atoms with Crippen molar-refractivity contribution in [3.05, 3.63) is 52.8 Å². The molecule has 1 heterocycles. The molecule has 140 valence electrons. The van der Waals surface area contributed by atoms with Crippen LogP contribution < -0.4 is 5.73 Å². The molecule has 1 aromatic heterocycles. The zero-order chi connectivity index (χ0) is 18.1. The Morgan fingerprint density at radius 3 is 2.88 bits per heavy atom. The van der Waals surface area contributed by atoms with Crippen LogP contribution in [0.5, 0.6) is 0 Å². The third kappa shape index (κ3) is 3.72. The maximum absolute atomic E-state index is 9.51. The van der Waals surface area contributed by atoms with Crippen molar-refractivity contribution >= 4 is 0 Å². The van der Waals surface area contributed by atoms with Gasteiger partial charge >= 0.3 is 0 Å². The van der Waals surface area contributed by atoms with Gasteiger partial charge in [0.1, 0.15) is 0 Å². The second kappa shape index (κ2) is 7.16. The Morgan fingerprint density at radius 1 is 1.27 bits per heavy atom. The smallest absolute Gasteiger partial charge is 0.0624 e. The van der Waals surface area contributed by atoms with Crippen molar-refractivity contribution in [3.63, 3.8) is 0 Å². The lowest BCUT2D eigenvalue weighted by Gasteiger charge is -2.26. The molecule has 0 aliphatic heterocycles. The lowest BCUT2D eigenvalue weighted by Crippen LogP contribution is -2.40. The van der Waals surface area contributed by atoms with Crippen LogP contribution in [0.3, 0.4) is 0 Å². The molecule has 3 atom stereocenters. The van der Waals surface area contributed by atoms with E-state index in [4.69, 9.17) is 5.73 Å². The zero-order valence-electron chi connectivity index (χ0n) is 15.8. The molecule has 1 saturated carbocycles. The Kier molecular flexibility index (Phi) is 4.89. The highest BCUT2D eigenvalue weighted by molar-refractivity contribution is 5.36. The quantitative estimate of drug-likeness (QED) is 0.868. The Hall–Kier alpha value is -1.65. The number of benzene rings is 1. The highest BCUT2D eigenvalue weighted by Gasteiger charge is 2.36. The number of hydrogen-bond acceptors (Lipinski definition) is 3. The number of hydrogen-bond donors (Lipinski definition) is 2. The van der Waals surface area contributed by atoms with Gasteiger partial charge in [0.15, 0.2) is 0 Å². The van der Waals surface area contributed by atoms with Crippen LogP contribution in [0, 0.1) is 5.92 Å². The van der Waals surface area contributed by atoms with E-state index in [-0.39, 0.29) is 12.1 Å². The van der Waals surface area contributed by atoms with Gasteiger partial charge in [0.25, 0.3) is 0 Å². The molecule has 2 aliphatic rings. The van der Waals surface area contributed by atoms with Gasteiger partial charge in [-0.25, -0.2) is 0 Å². The van der Waals surface area contributed by atoms with Crippen LogP contribution >= 0.6 is 0 Å². The standard InChI is InChI=1S/C22H31N3O/c1-25-11-9-21(24-25)7-3-16-2-4-18-13-19(6-5-17(18)12-16)20-8-10-22(23,14-20)15-26/h5-6,9,11,13,16,20,26H,2-4,7-8,10,12,14-15,23H2,1H3/t16-,20-,22+/m0/s1. The van der Waals surface area contributed by atoms with E-state index in [2.05, 4.69) is 29.4 Å². The fourth-order valence-corrected chi connectivity index (χ4v) is 4.88. The van der Waals surface area contributed by atoms with Gasteiger partial charge < -0.3 is 10.8 Å². The molecule has 0 saturated heterocycles. The number of nitrogens with zero attached hydrogens (tertiary/aromatic N) is 2. The topological polar surface area (TPSA) is 64.1 Å². The minimum Gasteiger partial charge on any atom is -0.394 e. The van der Waals surface area contributed by atoms with E-state index >= 15 is 0 Å². The van der Waals surface area contributed by atoms with Gasteiger partial charge in [-0.05, 0) is 86.0 Å². The average Bonchev–Trinajstić information content (AvgIpc) is 3.26. The highest BCUT2D eigenvalue weighted by atomic mass is 16.3. The average molecular weight is 354 g/mol. The number of nitrogens with two attached hydrogens (primary N) is 1. The van der Waals surface area contributed by atoms with E-state index in [0.717, 1.165) is 31.6 Å². The Bertz CT molecular complexity index is 768. The molecule has 1 fully saturated rings. The van der Waals surface area contributed by atoms with E-state index < -0.39 is 0 Å². The molecule has 2 aliphatic carbocycles. The Balaban J connectivity index is 1.38. The number of aliphatic hydroxyl groups excluding tert-OH is 1. The van der Waals surface area contributed by atoms with Gasteiger partial charge in [-0.15, -0.1) is 0 Å². The van der Waals surface area contributed by atoms with Crippen LogP contribution in [0.4, 0.5) is 0 Å². The normalized spacial score (nSPS) is 28.3. The first-order chi connectivity index (χ1) is 12.5. The second-order valence-electron chi connectivity index (χ2n) is 8.62. The molecule has 0 amide bonds. The van der Waals surface area contributed by atoms with E-state index in [0.29, 0.717) is 5.92 Å². The SMILES string of the molecule is Cn1ccc(CC[C@@H]2CCc3cc([C@H]4CC[C@](N)(CO)C4)ccc3C2)n1. The minimum atomic E-state index is -0.364. The fraction of sp³-hybridized carbons (Fsp3) is 0.591. The number of aryl methyl sites for hydroxylation is 3. The van der Waals surface area contributed by atoms with Crippen LogP contribution in [0.2, 0.25) is 0 Å². The largest absolute Gasteiger partial charge is 0.394 e. The van der Waals surface area contributed by atoms with Crippen LogP contribution in [0.1, 0.15) is 60.4 Å². The third-order valence-electron chi connectivity index (χ3n) is 6.57. The predicted octanol–water partition coefficient (Wildman–Crippen LogP) is 3.12. The third-order valence-corrected chi connectivity index (χ3v) is 6.57. The van der Waals surface area contributed by atoms with Crippen LogP contribution in [-0.2, 0) is 26.3 Å². The van der Waals surface area contributed by atoms with Crippen LogP contribution in [0.25, 0.3) is 0 Å². The molecular weight excluding hydrogens is 322 g/mol. The van der Waals surface area contributed by atoms with Gasteiger partial charge in [-0.3, -0.25) is 4.68 Å². The first kappa shape index (κ1) is 17.7. The van der Waals surface area contributed by atoms with Gasteiger partial charge in [0.05, 0.1) is 12.3 Å². The molecule has 2 aromatic rings. The summed E-state index contributed by atoms with van der Waals surface area (Å²) in [4.78, 5) is 0. The molecular formula is C22H31N3O. The maximum atomic E-state index is 9.51. The molecule has 0 spiro atoms. The number of rotatable bonds is 5. The summed E-state index contributed by atoms with van der Waals surface area (Å²) in [6.45, 7) is 0.104. The van der Waals surface area contributed by atoms with Crippen LogP contribution in [0.15, 0.2) is 30.5 Å². The Labute approximate surface area is 156 Å². The lowest BCUT2D eigenvalue weighted by atomic mass is 9.79. The van der Waals surface area contributed by atoms with Crippen molar-refractivity contribution in [1.82, 2.24) is 9.78 Å². The number of aromatic nitrogens is 2. The van der Waals surface area contributed by atoms with Crippen molar-refractivity contribution in [2.24, 2.45) is 18.7 Å². The fourth-order valence-electron chi connectivity index (χ4n) is 4.88. The van der Waals surface area contributed by atoms with Gasteiger partial charge in [0.2, 0.25) is 0 Å². The zero-order valence-corrected chi connectivity index (χ0v) is 15.8. The summed E-state index contributed by atoms with van der Waals surface area (Å²) in [5.41, 5.74) is 11.6. The maximum Gasteiger partial charge on any atom is 0.0624 e. The number of fused-ring (bicyclic) bond motifs is 1. The predicted molar refractivity (Wildman–Crippen MR) is 104 cm³/mol. The first-order valence-electron chi connectivity index (χ1n) is 10.0. The van der Waals surface area contributed by atoms with Gasteiger partial charge in [-0.2, -0.15) is 5.10 Å². The van der Waals surface area contributed by atoms with Gasteiger partial charge in [-0.1, -0.05) is 18.2 Å². The van der Waals surface area contributed by atoms with Crippen LogP contribution in [-0.4, -0.2) is 27.0 Å². The summed E-state index contributed by atoms with van der Waals surface area (Å²) in [6.07, 6.45) is 11.0. The minimum absolute atomic E-state index is 0.104. The second-order valence-corrected chi connectivity index (χ2v) is 8.62. The lowest BCUT2D eigenvalue weighted by molar-refractivity contribution is 0.198.